The monoisotopic (exact) mass is 295 g/mol. The van der Waals surface area contributed by atoms with Crippen molar-refractivity contribution >= 4 is 0 Å². The first-order valence-corrected chi connectivity index (χ1v) is 9.44. The highest BCUT2D eigenvalue weighted by Crippen LogP contribution is 2.29. The molecule has 3 heteroatoms. The molecule has 2 aliphatic rings. The second kappa shape index (κ2) is 9.81. The molecular formula is C18H37N3. The van der Waals surface area contributed by atoms with E-state index in [1.165, 1.54) is 90.6 Å². The number of likely N-dealkylation sites (tertiary alicyclic amines) is 2. The highest BCUT2D eigenvalue weighted by atomic mass is 15.2. The van der Waals surface area contributed by atoms with Gasteiger partial charge in [-0.25, -0.2) is 0 Å². The zero-order valence-electron chi connectivity index (χ0n) is 14.4. The van der Waals surface area contributed by atoms with E-state index < -0.39 is 0 Å². The maximum atomic E-state index is 3.50. The van der Waals surface area contributed by atoms with Crippen LogP contribution in [0.1, 0.15) is 58.3 Å². The third kappa shape index (κ3) is 5.88. The minimum Gasteiger partial charge on any atom is -0.317 e. The molecule has 2 rings (SSSR count). The quantitative estimate of drug-likeness (QED) is 0.660. The summed E-state index contributed by atoms with van der Waals surface area (Å²) in [7, 11) is 2.33. The lowest BCUT2D eigenvalue weighted by atomic mass is 9.84. The van der Waals surface area contributed by atoms with Gasteiger partial charge in [-0.1, -0.05) is 19.8 Å². The van der Waals surface area contributed by atoms with E-state index in [-0.39, 0.29) is 0 Å². The Morgan fingerprint density at radius 1 is 1.00 bits per heavy atom. The predicted molar refractivity (Wildman–Crippen MR) is 91.8 cm³/mol. The number of fused-ring (bicyclic) bond motifs is 1. The lowest BCUT2D eigenvalue weighted by Crippen LogP contribution is -2.52. The van der Waals surface area contributed by atoms with E-state index in [0.29, 0.717) is 0 Å². The van der Waals surface area contributed by atoms with Crippen molar-refractivity contribution in [3.05, 3.63) is 0 Å². The Bertz CT molecular complexity index is 269. The summed E-state index contributed by atoms with van der Waals surface area (Å²) < 4.78 is 0. The van der Waals surface area contributed by atoms with E-state index in [4.69, 9.17) is 0 Å². The Balaban J connectivity index is 1.50. The van der Waals surface area contributed by atoms with Crippen molar-refractivity contribution in [2.45, 2.75) is 64.3 Å². The molecule has 2 atom stereocenters. The van der Waals surface area contributed by atoms with Crippen molar-refractivity contribution in [2.24, 2.45) is 5.92 Å². The van der Waals surface area contributed by atoms with E-state index in [1.54, 1.807) is 0 Å². The van der Waals surface area contributed by atoms with E-state index in [2.05, 4.69) is 29.1 Å². The van der Waals surface area contributed by atoms with Crippen LogP contribution in [0.25, 0.3) is 0 Å². The van der Waals surface area contributed by atoms with E-state index in [1.807, 2.05) is 0 Å². The van der Waals surface area contributed by atoms with Crippen molar-refractivity contribution in [1.29, 1.82) is 0 Å². The van der Waals surface area contributed by atoms with Crippen molar-refractivity contribution in [2.75, 3.05) is 46.3 Å². The van der Waals surface area contributed by atoms with Crippen molar-refractivity contribution < 1.29 is 0 Å². The Kier molecular flexibility index (Phi) is 8.05. The largest absolute Gasteiger partial charge is 0.317 e. The van der Waals surface area contributed by atoms with Crippen molar-refractivity contribution in [1.82, 2.24) is 15.1 Å². The van der Waals surface area contributed by atoms with Gasteiger partial charge in [-0.2, -0.15) is 0 Å². The zero-order chi connectivity index (χ0) is 14.9. The highest BCUT2D eigenvalue weighted by Gasteiger charge is 2.33. The topological polar surface area (TPSA) is 18.5 Å². The fraction of sp³-hybridized carbons (Fsp3) is 1.00. The third-order valence-corrected chi connectivity index (χ3v) is 5.43. The number of hydrogen-bond donors (Lipinski definition) is 1. The lowest BCUT2D eigenvalue weighted by Gasteiger charge is -2.46. The molecule has 0 aromatic heterocycles. The van der Waals surface area contributed by atoms with E-state index >= 15 is 0 Å². The molecular weight excluding hydrogens is 258 g/mol. The van der Waals surface area contributed by atoms with Gasteiger partial charge in [0.25, 0.3) is 0 Å². The average molecular weight is 296 g/mol. The predicted octanol–water partition coefficient (Wildman–Crippen LogP) is 2.96. The van der Waals surface area contributed by atoms with Gasteiger partial charge in [-0.3, -0.25) is 0 Å². The summed E-state index contributed by atoms with van der Waals surface area (Å²) in [6.07, 6.45) is 11.1. The van der Waals surface area contributed by atoms with Gasteiger partial charge in [0.05, 0.1) is 0 Å². The Hall–Kier alpha value is -0.120. The van der Waals surface area contributed by atoms with Gasteiger partial charge in [0, 0.05) is 12.6 Å². The third-order valence-electron chi connectivity index (χ3n) is 5.43. The first-order valence-electron chi connectivity index (χ1n) is 9.44. The van der Waals surface area contributed by atoms with Crippen LogP contribution >= 0.6 is 0 Å². The SMILES string of the molecule is CCCNCCCCCCN1CCC2C(CCCN2C)C1. The van der Waals surface area contributed by atoms with Crippen molar-refractivity contribution in [3.8, 4) is 0 Å². The van der Waals surface area contributed by atoms with Crippen LogP contribution in [0.15, 0.2) is 0 Å². The molecule has 2 fully saturated rings. The molecule has 124 valence electrons. The number of unbranched alkanes of at least 4 members (excludes halogenated alkanes) is 3. The van der Waals surface area contributed by atoms with Gasteiger partial charge in [0.1, 0.15) is 0 Å². The van der Waals surface area contributed by atoms with Crippen LogP contribution in [0, 0.1) is 5.92 Å². The van der Waals surface area contributed by atoms with Crippen LogP contribution in [0.3, 0.4) is 0 Å². The lowest BCUT2D eigenvalue weighted by molar-refractivity contribution is 0.0380. The van der Waals surface area contributed by atoms with Crippen LogP contribution in [-0.4, -0.2) is 62.2 Å². The number of nitrogens with one attached hydrogen (secondary N) is 1. The normalized spacial score (nSPS) is 27.7. The first kappa shape index (κ1) is 17.2. The Labute approximate surface area is 132 Å². The van der Waals surface area contributed by atoms with Crippen LogP contribution in [0.2, 0.25) is 0 Å². The summed E-state index contributed by atoms with van der Waals surface area (Å²) in [4.78, 5) is 5.37. The molecule has 0 aliphatic carbocycles. The Morgan fingerprint density at radius 2 is 1.86 bits per heavy atom. The average Bonchev–Trinajstić information content (AvgIpc) is 2.50. The van der Waals surface area contributed by atoms with Gasteiger partial charge < -0.3 is 15.1 Å². The van der Waals surface area contributed by atoms with Gasteiger partial charge >= 0.3 is 0 Å². The molecule has 0 spiro atoms. The maximum absolute atomic E-state index is 3.50. The van der Waals surface area contributed by atoms with Gasteiger partial charge in [0.2, 0.25) is 0 Å². The summed E-state index contributed by atoms with van der Waals surface area (Å²) in [5.41, 5.74) is 0. The number of piperidine rings is 2. The summed E-state index contributed by atoms with van der Waals surface area (Å²) in [6.45, 7) is 10.0. The molecule has 1 N–H and O–H groups in total. The summed E-state index contributed by atoms with van der Waals surface area (Å²) in [5, 5.41) is 3.50. The molecule has 3 nitrogen and oxygen atoms in total. The van der Waals surface area contributed by atoms with Crippen LogP contribution in [0.5, 0.6) is 0 Å². The maximum Gasteiger partial charge on any atom is 0.0145 e. The number of nitrogens with zero attached hydrogens (tertiary/aromatic N) is 2. The van der Waals surface area contributed by atoms with E-state index in [9.17, 15) is 0 Å². The van der Waals surface area contributed by atoms with Crippen LogP contribution in [0.4, 0.5) is 0 Å². The zero-order valence-corrected chi connectivity index (χ0v) is 14.4. The minimum atomic E-state index is 0.889. The molecule has 21 heavy (non-hydrogen) atoms. The molecule has 0 saturated carbocycles. The molecule has 0 aromatic rings. The summed E-state index contributed by atoms with van der Waals surface area (Å²) in [6, 6.07) is 0.889. The number of rotatable bonds is 9. The summed E-state index contributed by atoms with van der Waals surface area (Å²) in [5.74, 6) is 0.954. The highest BCUT2D eigenvalue weighted by molar-refractivity contribution is 4.89. The fourth-order valence-corrected chi connectivity index (χ4v) is 4.17. The molecule has 2 aliphatic heterocycles. The second-order valence-electron chi connectivity index (χ2n) is 7.20. The second-order valence-corrected chi connectivity index (χ2v) is 7.20. The van der Waals surface area contributed by atoms with Crippen LogP contribution < -0.4 is 5.32 Å². The van der Waals surface area contributed by atoms with Gasteiger partial charge in [-0.15, -0.1) is 0 Å². The van der Waals surface area contributed by atoms with Crippen molar-refractivity contribution in [3.63, 3.8) is 0 Å². The van der Waals surface area contributed by atoms with Gasteiger partial charge in [0.15, 0.2) is 0 Å². The fourth-order valence-electron chi connectivity index (χ4n) is 4.17. The minimum absolute atomic E-state index is 0.889. The van der Waals surface area contributed by atoms with Crippen LogP contribution in [-0.2, 0) is 0 Å². The first-order chi connectivity index (χ1) is 10.3. The molecule has 0 amide bonds. The smallest absolute Gasteiger partial charge is 0.0145 e. The summed E-state index contributed by atoms with van der Waals surface area (Å²) >= 11 is 0. The van der Waals surface area contributed by atoms with Gasteiger partial charge in [-0.05, 0) is 84.2 Å². The molecule has 0 aromatic carbocycles. The number of hydrogen-bond acceptors (Lipinski definition) is 3. The Morgan fingerprint density at radius 3 is 2.71 bits per heavy atom. The molecule has 0 radical (unpaired) electrons. The molecule has 2 heterocycles. The molecule has 2 saturated heterocycles. The molecule has 2 unspecified atom stereocenters. The van der Waals surface area contributed by atoms with E-state index in [0.717, 1.165) is 12.0 Å². The standard InChI is InChI=1S/C18H37N3/c1-3-11-19-12-6-4-5-7-14-21-15-10-18-17(16-21)9-8-13-20(18)2/h17-19H,3-16H2,1-2H3. The molecule has 0 bridgehead atoms.